The van der Waals surface area contributed by atoms with E-state index in [1.165, 1.54) is 6.08 Å². The van der Waals surface area contributed by atoms with Crippen LogP contribution in [0.1, 0.15) is 42.6 Å². The van der Waals surface area contributed by atoms with Crippen molar-refractivity contribution in [2.45, 2.75) is 39.4 Å². The Morgan fingerprint density at radius 1 is 1.00 bits per heavy atom. The largest absolute Gasteiger partial charge is 0.469 e. The summed E-state index contributed by atoms with van der Waals surface area (Å²) in [6.07, 6.45) is 3.41. The molecule has 1 atom stereocenters. The highest BCUT2D eigenvalue weighted by atomic mass is 31.2. The fraction of sp³-hybridized carbons (Fsp3) is 0.310. The fourth-order valence-electron chi connectivity index (χ4n) is 3.85. The number of para-hydroxylation sites is 1. The molecule has 0 saturated carbocycles. The van der Waals surface area contributed by atoms with Gasteiger partial charge >= 0.3 is 13.5 Å². The van der Waals surface area contributed by atoms with Gasteiger partial charge in [-0.3, -0.25) is 9.36 Å². The van der Waals surface area contributed by atoms with Crippen molar-refractivity contribution in [2.24, 2.45) is 5.92 Å². The van der Waals surface area contributed by atoms with Crippen LogP contribution in [0, 0.1) is 5.92 Å². The van der Waals surface area contributed by atoms with Gasteiger partial charge in [-0.15, -0.1) is 0 Å². The van der Waals surface area contributed by atoms with E-state index >= 15 is 0 Å². The average Bonchev–Trinajstić information content (AvgIpc) is 2.92. The van der Waals surface area contributed by atoms with Gasteiger partial charge in [-0.25, -0.2) is 9.55 Å². The van der Waals surface area contributed by atoms with Crippen molar-refractivity contribution < 1.29 is 28.2 Å². The smallest absolute Gasteiger partial charge is 0.338 e. The maximum absolute atomic E-state index is 14.1. The van der Waals surface area contributed by atoms with E-state index in [2.05, 4.69) is 25.2 Å². The normalized spacial score (nSPS) is 12.8. The molecule has 0 aliphatic heterocycles. The lowest BCUT2D eigenvalue weighted by Crippen LogP contribution is -2.39. The molecule has 1 N–H and O–H groups in total. The Hall–Kier alpha value is -3.19. The summed E-state index contributed by atoms with van der Waals surface area (Å²) < 4.78 is 33.8. The van der Waals surface area contributed by atoms with Gasteiger partial charge in [0.1, 0.15) is 12.4 Å². The van der Waals surface area contributed by atoms with Gasteiger partial charge in [-0.2, -0.15) is 0 Å². The van der Waals surface area contributed by atoms with Crippen LogP contribution < -0.4 is 9.28 Å². The third-order valence-electron chi connectivity index (χ3n) is 6.11. The topological polar surface area (TPSA) is 90.9 Å². The van der Waals surface area contributed by atoms with Crippen molar-refractivity contribution in [3.8, 4) is 5.75 Å². The summed E-state index contributed by atoms with van der Waals surface area (Å²) in [5.74, 6) is 0.302. The van der Waals surface area contributed by atoms with Crippen LogP contribution in [0.25, 0.3) is 10.8 Å². The molecule has 3 rings (SSSR count). The summed E-state index contributed by atoms with van der Waals surface area (Å²) >= 11 is 0. The molecule has 38 heavy (non-hydrogen) atoms. The molecule has 0 aliphatic rings. The summed E-state index contributed by atoms with van der Waals surface area (Å²) in [4.78, 5) is 25.0. The molecule has 9 heteroatoms. The molecule has 3 aromatic rings. The molecule has 0 saturated heterocycles. The summed E-state index contributed by atoms with van der Waals surface area (Å²) in [5, 5.41) is 1.72. The number of hydrogen-bond acceptors (Lipinski definition) is 6. The highest BCUT2D eigenvalue weighted by molar-refractivity contribution is 7.58. The zero-order chi connectivity index (χ0) is 27.5. The van der Waals surface area contributed by atoms with Crippen molar-refractivity contribution in [1.29, 1.82) is 0 Å². The lowest BCUT2D eigenvalue weighted by molar-refractivity contribution is 0.0550. The minimum absolute atomic E-state index is 0.0464. The van der Waals surface area contributed by atoms with Crippen LogP contribution in [0.2, 0.25) is 6.55 Å². The maximum Gasteiger partial charge on any atom is 0.338 e. The first-order valence-corrected chi connectivity index (χ1v) is 16.5. The third-order valence-corrected chi connectivity index (χ3v) is 10.9. The van der Waals surface area contributed by atoms with Crippen molar-refractivity contribution in [3.05, 3.63) is 90.5 Å². The number of carbonyl (C=O) groups excluding carboxylic acids is 2. The Bertz CT molecular complexity index is 1290. The van der Waals surface area contributed by atoms with E-state index in [-0.39, 0.29) is 18.4 Å². The van der Waals surface area contributed by atoms with Crippen LogP contribution in [0.4, 0.5) is 4.79 Å². The predicted molar refractivity (Wildman–Crippen MR) is 153 cm³/mol. The van der Waals surface area contributed by atoms with Crippen molar-refractivity contribution in [2.75, 3.05) is 13.2 Å². The molecule has 0 spiro atoms. The molecular formula is C29H35NO6PSi. The fourth-order valence-corrected chi connectivity index (χ4v) is 8.27. The lowest BCUT2D eigenvalue weighted by Gasteiger charge is -2.23. The Morgan fingerprint density at radius 3 is 2.39 bits per heavy atom. The Balaban J connectivity index is 1.84. The molecule has 0 aromatic heterocycles. The van der Waals surface area contributed by atoms with Crippen LogP contribution in [0.5, 0.6) is 5.75 Å². The van der Waals surface area contributed by atoms with Crippen molar-refractivity contribution >= 4 is 38.8 Å². The number of benzene rings is 3. The van der Waals surface area contributed by atoms with Crippen LogP contribution in [0.3, 0.4) is 0 Å². The predicted octanol–water partition coefficient (Wildman–Crippen LogP) is 7.32. The van der Waals surface area contributed by atoms with Crippen LogP contribution in [-0.4, -0.2) is 33.7 Å². The molecule has 0 bridgehead atoms. The second-order valence-electron chi connectivity index (χ2n) is 9.04. The highest BCUT2D eigenvalue weighted by Crippen LogP contribution is 2.47. The first-order valence-electron chi connectivity index (χ1n) is 12.7. The van der Waals surface area contributed by atoms with Gasteiger partial charge in [0.15, 0.2) is 0 Å². The number of nitrogens with one attached hydrogen (secondary N) is 1. The molecule has 7 nitrogen and oxygen atoms in total. The second kappa shape index (κ2) is 14.1. The Labute approximate surface area is 226 Å². The van der Waals surface area contributed by atoms with E-state index in [4.69, 9.17) is 14.0 Å². The number of hydrogen-bond donors (Lipinski definition) is 1. The molecular weight excluding hydrogens is 517 g/mol. The number of esters is 1. The number of fused-ring (bicyclic) bond motifs is 1. The SMILES string of the molecule is C=CCOC(=O)c1ccc2ccc(CP(=O)(N[Si](C)C(=O)OCC(CC)CC)Oc3ccccc3)cc2c1. The minimum Gasteiger partial charge on any atom is -0.469 e. The maximum atomic E-state index is 14.1. The van der Waals surface area contributed by atoms with E-state index in [1.54, 1.807) is 42.9 Å². The van der Waals surface area contributed by atoms with Crippen molar-refractivity contribution in [1.82, 2.24) is 4.75 Å². The molecule has 1 unspecified atom stereocenters. The molecule has 0 aliphatic carbocycles. The molecule has 3 aromatic carbocycles. The van der Waals surface area contributed by atoms with E-state index in [0.717, 1.165) is 29.2 Å². The minimum atomic E-state index is -3.57. The van der Waals surface area contributed by atoms with E-state index < -0.39 is 22.4 Å². The zero-order valence-electron chi connectivity index (χ0n) is 22.1. The van der Waals surface area contributed by atoms with Gasteiger partial charge in [0.2, 0.25) is 0 Å². The van der Waals surface area contributed by atoms with Gasteiger partial charge in [-0.1, -0.05) is 81.8 Å². The van der Waals surface area contributed by atoms with Crippen LogP contribution in [-0.2, 0) is 20.2 Å². The summed E-state index contributed by atoms with van der Waals surface area (Å²) in [7, 11) is -5.58. The van der Waals surface area contributed by atoms with Gasteiger partial charge < -0.3 is 14.0 Å². The van der Waals surface area contributed by atoms with E-state index in [0.29, 0.717) is 23.8 Å². The highest BCUT2D eigenvalue weighted by Gasteiger charge is 2.33. The number of rotatable bonds is 14. The average molecular weight is 553 g/mol. The molecule has 1 radical (unpaired) electrons. The second-order valence-corrected chi connectivity index (χ2v) is 13.4. The lowest BCUT2D eigenvalue weighted by atomic mass is 10.0. The monoisotopic (exact) mass is 552 g/mol. The van der Waals surface area contributed by atoms with Crippen LogP contribution >= 0.6 is 7.52 Å². The molecule has 201 valence electrons. The molecule has 0 heterocycles. The van der Waals surface area contributed by atoms with E-state index in [1.807, 2.05) is 30.3 Å². The Kier molecular flexibility index (Phi) is 10.9. The number of carbonyl (C=O) groups is 2. The molecule has 0 amide bonds. The van der Waals surface area contributed by atoms with Crippen LogP contribution in [0.15, 0.2) is 79.4 Å². The number of ether oxygens (including phenoxy) is 2. The first-order chi connectivity index (χ1) is 18.3. The van der Waals surface area contributed by atoms with E-state index in [9.17, 15) is 14.2 Å². The van der Waals surface area contributed by atoms with Gasteiger partial charge in [0.05, 0.1) is 18.3 Å². The van der Waals surface area contributed by atoms with Crippen molar-refractivity contribution in [3.63, 3.8) is 0 Å². The summed E-state index contributed by atoms with van der Waals surface area (Å²) in [6, 6.07) is 19.8. The Morgan fingerprint density at radius 2 is 1.71 bits per heavy atom. The molecule has 0 fully saturated rings. The van der Waals surface area contributed by atoms with Gasteiger partial charge in [0, 0.05) is 0 Å². The standard InChI is InChI=1S/C29H35NO6PSi/c1-5-17-34-28(31)25-16-15-24-14-13-23(18-26(24)19-25)21-37(33,36-27-11-9-8-10-12-27)30-38(4)29(32)35-20-22(6-2)7-3/h5,8-16,18-19,22H,1,6-7,17,20-21H2,2-4H3,(H,30,33). The third kappa shape index (κ3) is 8.41. The zero-order valence-corrected chi connectivity index (χ0v) is 24.0. The van der Waals surface area contributed by atoms with Gasteiger partial charge in [-0.05, 0) is 53.1 Å². The first kappa shape index (κ1) is 29.4. The quantitative estimate of drug-likeness (QED) is 0.0970. The summed E-state index contributed by atoms with van der Waals surface area (Å²) in [5.41, 5.74) is 0.777. The summed E-state index contributed by atoms with van der Waals surface area (Å²) in [6.45, 7) is 9.89. The van der Waals surface area contributed by atoms with Gasteiger partial charge in [0.25, 0.3) is 14.6 Å².